The lowest BCUT2D eigenvalue weighted by molar-refractivity contribution is 0.117. The van der Waals surface area contributed by atoms with Crippen molar-refractivity contribution in [1.82, 2.24) is 0 Å². The normalized spacial score (nSPS) is 8.40. The van der Waals surface area contributed by atoms with Crippen LogP contribution in [0.1, 0.15) is 0 Å². The number of rotatable bonds is 0. The van der Waals surface area contributed by atoms with Crippen molar-refractivity contribution < 1.29 is 34.2 Å². The third-order valence-corrected chi connectivity index (χ3v) is 0. The Labute approximate surface area is 67.4 Å². The summed E-state index contributed by atoms with van der Waals surface area (Å²) in [7, 11) is -4.61. The second kappa shape index (κ2) is 6.97. The van der Waals surface area contributed by atoms with Crippen molar-refractivity contribution in [2.75, 3.05) is 0 Å². The Bertz CT molecular complexity index is 76.1. The lowest BCUT2D eigenvalue weighted by Gasteiger charge is -1.91. The van der Waals surface area contributed by atoms with E-state index in [4.69, 9.17) is 34.2 Å². The second-order valence-electron chi connectivity index (χ2n) is 0.883. The fourth-order valence-electron chi connectivity index (χ4n) is 0. The highest BCUT2D eigenvalue weighted by atomic mass is 28.4. The summed E-state index contributed by atoms with van der Waals surface area (Å²) in [4.78, 5) is 37.9. The van der Waals surface area contributed by atoms with Crippen LogP contribution in [0.3, 0.4) is 0 Å². The van der Waals surface area contributed by atoms with Gasteiger partial charge in [0.15, 0.2) is 17.4 Å². The maximum atomic E-state index is 8.56. The number of carbonyl (C=O) groups is 1. The minimum Gasteiger partial charge on any atom is -0.450 e. The topological polar surface area (TPSA) is 138 Å². The van der Waals surface area contributed by atoms with Crippen molar-refractivity contribution in [3.05, 3.63) is 0 Å². The van der Waals surface area contributed by atoms with Gasteiger partial charge in [-0.1, -0.05) is 0 Å². The van der Waals surface area contributed by atoms with Gasteiger partial charge in [-0.05, 0) is 0 Å². The maximum Gasteiger partial charge on any atom is 0.668 e. The minimum absolute atomic E-state index is 0. The van der Waals surface area contributed by atoms with Crippen molar-refractivity contribution in [1.29, 1.82) is 0 Å². The first-order chi connectivity index (χ1) is 3.73. The highest BCUT2D eigenvalue weighted by Gasteiger charge is 2.22. The number of hydrogen-bond donors (Lipinski definition) is 6. The lowest BCUT2D eigenvalue weighted by Crippen LogP contribution is -2.33. The summed E-state index contributed by atoms with van der Waals surface area (Å²) >= 11 is 0. The van der Waals surface area contributed by atoms with Crippen molar-refractivity contribution in [3.8, 4) is 0 Å². The molecule has 0 aliphatic heterocycles. The first-order valence-corrected chi connectivity index (χ1v) is 3.33. The molecule has 0 rings (SSSR count). The van der Waals surface area contributed by atoms with Crippen molar-refractivity contribution in [3.63, 3.8) is 0 Å². The molecule has 0 aromatic rings. The van der Waals surface area contributed by atoms with Crippen LogP contribution < -0.4 is 0 Å². The Morgan fingerprint density at radius 3 is 1.00 bits per heavy atom. The van der Waals surface area contributed by atoms with Crippen LogP contribution in [0.4, 0.5) is 4.79 Å². The van der Waals surface area contributed by atoms with Gasteiger partial charge in [-0.2, -0.15) is 0 Å². The van der Waals surface area contributed by atoms with Crippen LogP contribution in [-0.4, -0.2) is 62.0 Å². The van der Waals surface area contributed by atoms with Crippen LogP contribution in [0, 0.1) is 0 Å². The monoisotopic (exact) mass is 188 g/mol. The van der Waals surface area contributed by atoms with Gasteiger partial charge in [0.05, 0.1) is 0 Å². The standard InChI is InChI=1S/CH2O3.Al.H4O4Si.3H/c2-1(3)4;;1-5(2,3)4;;;/h(H2,2,3,4);;1-4H;;;. The van der Waals surface area contributed by atoms with Gasteiger partial charge in [0.2, 0.25) is 0 Å². The molecule has 10 heavy (non-hydrogen) atoms. The van der Waals surface area contributed by atoms with E-state index in [1.165, 1.54) is 0 Å². The first-order valence-electron chi connectivity index (χ1n) is 1.55. The molecule has 0 aliphatic carbocycles. The molecule has 0 aromatic heterocycles. The molecule has 0 unspecified atom stereocenters. The highest BCUT2D eigenvalue weighted by molar-refractivity contribution is 6.46. The molecule has 0 spiro atoms. The number of hydrogen-bond acceptors (Lipinski definition) is 5. The Morgan fingerprint density at radius 1 is 1.00 bits per heavy atom. The van der Waals surface area contributed by atoms with Crippen LogP contribution in [0.25, 0.3) is 0 Å². The molecule has 0 saturated carbocycles. The molecule has 9 heteroatoms. The third-order valence-electron chi connectivity index (χ3n) is 0. The average Bonchev–Trinajstić information content (AvgIpc) is 1.19. The van der Waals surface area contributed by atoms with Gasteiger partial charge in [-0.25, -0.2) is 4.79 Å². The fraction of sp³-hybridized carbons (Fsp3) is 0. The van der Waals surface area contributed by atoms with Crippen LogP contribution in [-0.2, 0) is 0 Å². The van der Waals surface area contributed by atoms with E-state index in [9.17, 15) is 0 Å². The van der Waals surface area contributed by atoms with Gasteiger partial charge in [-0.15, -0.1) is 0 Å². The summed E-state index contributed by atoms with van der Waals surface area (Å²) in [5.74, 6) is 0. The van der Waals surface area contributed by atoms with Gasteiger partial charge in [0.25, 0.3) is 0 Å². The second-order valence-corrected chi connectivity index (χ2v) is 2.08. The minimum atomic E-state index is -4.61. The Hall–Kier alpha value is -0.141. The molecular weight excluding hydrogens is 179 g/mol. The summed E-state index contributed by atoms with van der Waals surface area (Å²) in [6.45, 7) is 0. The van der Waals surface area contributed by atoms with E-state index in [1.54, 1.807) is 0 Å². The largest absolute Gasteiger partial charge is 0.668 e. The lowest BCUT2D eigenvalue weighted by atomic mass is 11.5. The van der Waals surface area contributed by atoms with E-state index >= 15 is 0 Å². The molecule has 0 bridgehead atoms. The molecule has 7 nitrogen and oxygen atoms in total. The predicted molar refractivity (Wildman–Crippen MR) is 35.2 cm³/mol. The van der Waals surface area contributed by atoms with E-state index in [2.05, 4.69) is 0 Å². The molecule has 0 atom stereocenters. The summed E-state index contributed by atoms with van der Waals surface area (Å²) < 4.78 is 0. The molecule has 0 heterocycles. The van der Waals surface area contributed by atoms with Crippen molar-refractivity contribution >= 4 is 32.6 Å². The summed E-state index contributed by atoms with van der Waals surface area (Å²) in [6.07, 6.45) is -1.83. The van der Waals surface area contributed by atoms with Crippen molar-refractivity contribution in [2.45, 2.75) is 0 Å². The van der Waals surface area contributed by atoms with E-state index < -0.39 is 15.2 Å². The van der Waals surface area contributed by atoms with Gasteiger partial charge in [0.1, 0.15) is 0 Å². The number of carboxylic acid groups (broad SMARTS) is 2. The predicted octanol–water partition coefficient (Wildman–Crippen LogP) is -3.57. The van der Waals surface area contributed by atoms with Gasteiger partial charge < -0.3 is 29.4 Å². The van der Waals surface area contributed by atoms with E-state index in [-0.39, 0.29) is 17.4 Å². The molecule has 0 fully saturated rings. The van der Waals surface area contributed by atoms with E-state index in [0.717, 1.165) is 0 Å². The highest BCUT2D eigenvalue weighted by Crippen LogP contribution is 1.67. The Balaban J connectivity index is -0.0000000910. The van der Waals surface area contributed by atoms with Gasteiger partial charge in [0, 0.05) is 0 Å². The van der Waals surface area contributed by atoms with E-state index in [0.29, 0.717) is 0 Å². The third kappa shape index (κ3) is 18700. The molecule has 62 valence electrons. The van der Waals surface area contributed by atoms with Crippen LogP contribution in [0.15, 0.2) is 0 Å². The first kappa shape index (κ1) is 16.4. The molecule has 0 saturated heterocycles. The van der Waals surface area contributed by atoms with Crippen molar-refractivity contribution in [2.24, 2.45) is 0 Å². The summed E-state index contributed by atoms with van der Waals surface area (Å²) in [5, 5.41) is 13.9. The quantitative estimate of drug-likeness (QED) is 0.216. The molecular formula is CH9AlO7Si. The van der Waals surface area contributed by atoms with Gasteiger partial charge in [-0.3, -0.25) is 0 Å². The molecule has 0 amide bonds. The van der Waals surface area contributed by atoms with Crippen LogP contribution in [0.2, 0.25) is 0 Å². The Morgan fingerprint density at radius 2 is 1.00 bits per heavy atom. The van der Waals surface area contributed by atoms with Gasteiger partial charge >= 0.3 is 15.2 Å². The zero-order valence-electron chi connectivity index (χ0n) is 4.09. The SMILES string of the molecule is O=C(O)O.O[Si](O)(O)O.[AlH3]. The molecule has 6 N–H and O–H groups in total. The zero-order valence-corrected chi connectivity index (χ0v) is 5.09. The fourth-order valence-corrected chi connectivity index (χ4v) is 0. The summed E-state index contributed by atoms with van der Waals surface area (Å²) in [6, 6.07) is 0. The van der Waals surface area contributed by atoms with E-state index in [1.807, 2.05) is 0 Å². The Kier molecular flexibility index (Phi) is 11.5. The average molecular weight is 188 g/mol. The van der Waals surface area contributed by atoms with Crippen LogP contribution >= 0.6 is 0 Å². The zero-order chi connectivity index (χ0) is 8.08. The smallest absolute Gasteiger partial charge is 0.450 e. The van der Waals surface area contributed by atoms with Crippen LogP contribution in [0.5, 0.6) is 0 Å². The summed E-state index contributed by atoms with van der Waals surface area (Å²) in [5.41, 5.74) is 0. The molecule has 0 radical (unpaired) electrons. The molecule has 0 aliphatic rings. The molecule has 0 aromatic carbocycles. The maximum absolute atomic E-state index is 8.56.